The zero-order valence-electron chi connectivity index (χ0n) is 16.7. The first kappa shape index (κ1) is 22.0. The lowest BCUT2D eigenvalue weighted by Crippen LogP contribution is -2.44. The van der Waals surface area contributed by atoms with E-state index in [0.29, 0.717) is 18.2 Å². The van der Waals surface area contributed by atoms with E-state index in [1.165, 1.54) is 0 Å². The largest absolute Gasteiger partial charge is 0.450 e. The standard InChI is InChI=1S/C21H24F3N3O3/c1-25-11-13-26(14-12-25)10-4-6-16-5-2-3-7-19(16)30-20-9-8-17(21(22,23)24)15-18(20)27(28)29/h2-3,5,7-9,15H,4,6,10-14H2,1H3. The molecule has 0 aromatic heterocycles. The molecule has 1 saturated heterocycles. The Balaban J connectivity index is 1.71. The molecule has 0 spiro atoms. The van der Waals surface area contributed by atoms with Crippen molar-refractivity contribution in [3.63, 3.8) is 0 Å². The predicted octanol–water partition coefficient (Wildman–Crippen LogP) is 4.59. The van der Waals surface area contributed by atoms with Gasteiger partial charge in [-0.25, -0.2) is 0 Å². The lowest BCUT2D eigenvalue weighted by Gasteiger charge is -2.32. The van der Waals surface area contributed by atoms with Gasteiger partial charge in [-0.05, 0) is 50.2 Å². The molecule has 0 N–H and O–H groups in total. The third-order valence-electron chi connectivity index (χ3n) is 5.19. The number of nitro benzene ring substituents is 1. The van der Waals surface area contributed by atoms with Crippen LogP contribution in [0.2, 0.25) is 0 Å². The molecule has 2 aromatic rings. The number of hydrogen-bond donors (Lipinski definition) is 0. The summed E-state index contributed by atoms with van der Waals surface area (Å²) in [6.45, 7) is 5.05. The van der Waals surface area contributed by atoms with Crippen molar-refractivity contribution in [1.29, 1.82) is 0 Å². The Morgan fingerprint density at radius 1 is 1.07 bits per heavy atom. The first-order valence-electron chi connectivity index (χ1n) is 9.76. The molecule has 0 saturated carbocycles. The Labute approximate surface area is 173 Å². The van der Waals surface area contributed by atoms with Crippen LogP contribution in [0.25, 0.3) is 0 Å². The minimum atomic E-state index is -4.66. The molecule has 3 rings (SSSR count). The van der Waals surface area contributed by atoms with Crippen molar-refractivity contribution in [3.8, 4) is 11.5 Å². The van der Waals surface area contributed by atoms with Crippen molar-refractivity contribution in [1.82, 2.24) is 9.80 Å². The quantitative estimate of drug-likeness (QED) is 0.482. The highest BCUT2D eigenvalue weighted by Crippen LogP contribution is 2.38. The van der Waals surface area contributed by atoms with E-state index in [1.807, 2.05) is 12.1 Å². The molecule has 1 heterocycles. The van der Waals surface area contributed by atoms with Gasteiger partial charge in [-0.3, -0.25) is 10.1 Å². The highest BCUT2D eigenvalue weighted by Gasteiger charge is 2.33. The first-order valence-corrected chi connectivity index (χ1v) is 9.76. The van der Waals surface area contributed by atoms with Gasteiger partial charge in [-0.2, -0.15) is 13.2 Å². The van der Waals surface area contributed by atoms with Crippen LogP contribution < -0.4 is 4.74 Å². The van der Waals surface area contributed by atoms with Crippen LogP contribution in [-0.2, 0) is 12.6 Å². The number of para-hydroxylation sites is 1. The molecule has 1 aliphatic rings. The molecule has 0 bridgehead atoms. The normalized spacial score (nSPS) is 15.9. The van der Waals surface area contributed by atoms with Crippen molar-refractivity contribution >= 4 is 5.69 Å². The predicted molar refractivity (Wildman–Crippen MR) is 107 cm³/mol. The van der Waals surface area contributed by atoms with Gasteiger partial charge in [0.25, 0.3) is 0 Å². The summed E-state index contributed by atoms with van der Waals surface area (Å²) in [7, 11) is 2.10. The van der Waals surface area contributed by atoms with Gasteiger partial charge in [0.15, 0.2) is 0 Å². The molecule has 0 unspecified atom stereocenters. The van der Waals surface area contributed by atoms with E-state index >= 15 is 0 Å². The van der Waals surface area contributed by atoms with Crippen molar-refractivity contribution in [3.05, 3.63) is 63.7 Å². The molecule has 162 valence electrons. The Morgan fingerprint density at radius 3 is 2.43 bits per heavy atom. The Bertz CT molecular complexity index is 881. The van der Waals surface area contributed by atoms with Crippen molar-refractivity contribution in [2.24, 2.45) is 0 Å². The summed E-state index contributed by atoms with van der Waals surface area (Å²) in [5.41, 5.74) is -0.931. The maximum Gasteiger partial charge on any atom is 0.416 e. The zero-order valence-corrected chi connectivity index (χ0v) is 16.7. The smallest absolute Gasteiger partial charge is 0.416 e. The third-order valence-corrected chi connectivity index (χ3v) is 5.19. The van der Waals surface area contributed by atoms with Crippen LogP contribution in [0.4, 0.5) is 18.9 Å². The number of aryl methyl sites for hydroxylation is 1. The molecular weight excluding hydrogens is 399 g/mol. The molecule has 30 heavy (non-hydrogen) atoms. The summed E-state index contributed by atoms with van der Waals surface area (Å²) in [6, 6.07) is 9.42. The van der Waals surface area contributed by atoms with Gasteiger partial charge in [0.1, 0.15) is 5.75 Å². The number of piperazine rings is 1. The fraction of sp³-hybridized carbons (Fsp3) is 0.429. The lowest BCUT2D eigenvalue weighted by atomic mass is 10.1. The number of halogens is 3. The van der Waals surface area contributed by atoms with Gasteiger partial charge < -0.3 is 14.5 Å². The van der Waals surface area contributed by atoms with Crippen LogP contribution in [0.15, 0.2) is 42.5 Å². The summed E-state index contributed by atoms with van der Waals surface area (Å²) in [5.74, 6) is 0.207. The molecule has 0 amide bonds. The molecular formula is C21H24F3N3O3. The lowest BCUT2D eigenvalue weighted by molar-refractivity contribution is -0.385. The van der Waals surface area contributed by atoms with Gasteiger partial charge in [-0.1, -0.05) is 18.2 Å². The number of alkyl halides is 3. The minimum Gasteiger partial charge on any atom is -0.450 e. The van der Waals surface area contributed by atoms with Gasteiger partial charge in [-0.15, -0.1) is 0 Å². The SMILES string of the molecule is CN1CCN(CCCc2ccccc2Oc2ccc(C(F)(F)F)cc2[N+](=O)[O-])CC1. The molecule has 1 aliphatic heterocycles. The van der Waals surface area contributed by atoms with Gasteiger partial charge in [0, 0.05) is 32.2 Å². The van der Waals surface area contributed by atoms with E-state index < -0.39 is 22.4 Å². The van der Waals surface area contributed by atoms with E-state index in [1.54, 1.807) is 12.1 Å². The van der Waals surface area contributed by atoms with Crippen LogP contribution in [0.5, 0.6) is 11.5 Å². The topological polar surface area (TPSA) is 58.8 Å². The second-order valence-electron chi connectivity index (χ2n) is 7.40. The Morgan fingerprint density at radius 2 is 1.77 bits per heavy atom. The fourth-order valence-corrected chi connectivity index (χ4v) is 3.42. The monoisotopic (exact) mass is 423 g/mol. The van der Waals surface area contributed by atoms with Gasteiger partial charge in [0.2, 0.25) is 5.75 Å². The number of hydrogen-bond acceptors (Lipinski definition) is 5. The molecule has 0 aliphatic carbocycles. The van der Waals surface area contributed by atoms with Crippen molar-refractivity contribution in [2.75, 3.05) is 39.8 Å². The number of nitrogens with zero attached hydrogens (tertiary/aromatic N) is 3. The van der Waals surface area contributed by atoms with Gasteiger partial charge in [0.05, 0.1) is 10.5 Å². The number of likely N-dealkylation sites (N-methyl/N-ethyl adjacent to an activating group) is 1. The van der Waals surface area contributed by atoms with Crippen LogP contribution in [0.3, 0.4) is 0 Å². The zero-order chi connectivity index (χ0) is 21.7. The van der Waals surface area contributed by atoms with E-state index in [9.17, 15) is 23.3 Å². The third kappa shape index (κ3) is 5.70. The maximum atomic E-state index is 12.9. The first-order chi connectivity index (χ1) is 14.2. The number of benzene rings is 2. The molecule has 0 radical (unpaired) electrons. The van der Waals surface area contributed by atoms with Gasteiger partial charge >= 0.3 is 11.9 Å². The highest BCUT2D eigenvalue weighted by atomic mass is 19.4. The molecule has 9 heteroatoms. The molecule has 1 fully saturated rings. The average molecular weight is 423 g/mol. The van der Waals surface area contributed by atoms with E-state index in [0.717, 1.165) is 56.8 Å². The van der Waals surface area contributed by atoms with E-state index in [-0.39, 0.29) is 5.75 Å². The second kappa shape index (κ2) is 9.44. The van der Waals surface area contributed by atoms with Crippen molar-refractivity contribution < 1.29 is 22.8 Å². The van der Waals surface area contributed by atoms with Crippen LogP contribution in [0, 0.1) is 10.1 Å². The van der Waals surface area contributed by atoms with Crippen molar-refractivity contribution in [2.45, 2.75) is 19.0 Å². The molecule has 6 nitrogen and oxygen atoms in total. The molecule has 0 atom stereocenters. The van der Waals surface area contributed by atoms with E-state index in [4.69, 9.17) is 4.74 Å². The maximum absolute atomic E-state index is 12.9. The fourth-order valence-electron chi connectivity index (χ4n) is 3.42. The summed E-state index contributed by atoms with van der Waals surface area (Å²) in [6.07, 6.45) is -3.07. The summed E-state index contributed by atoms with van der Waals surface area (Å²) in [4.78, 5) is 15.1. The average Bonchev–Trinajstić information content (AvgIpc) is 2.70. The Kier molecular flexibility index (Phi) is 6.94. The Hall–Kier alpha value is -2.65. The second-order valence-corrected chi connectivity index (χ2v) is 7.40. The highest BCUT2D eigenvalue weighted by molar-refractivity contribution is 5.52. The van der Waals surface area contributed by atoms with Crippen LogP contribution >= 0.6 is 0 Å². The van der Waals surface area contributed by atoms with Crippen LogP contribution in [-0.4, -0.2) is 54.5 Å². The summed E-state index contributed by atoms with van der Waals surface area (Å²) >= 11 is 0. The minimum absolute atomic E-state index is 0.209. The number of ether oxygens (including phenoxy) is 1. The summed E-state index contributed by atoms with van der Waals surface area (Å²) < 4.78 is 44.4. The molecule has 2 aromatic carbocycles. The number of rotatable bonds is 7. The van der Waals surface area contributed by atoms with E-state index in [2.05, 4.69) is 16.8 Å². The van der Waals surface area contributed by atoms with Crippen LogP contribution in [0.1, 0.15) is 17.5 Å². The summed E-state index contributed by atoms with van der Waals surface area (Å²) in [5, 5.41) is 11.3. The number of nitro groups is 1.